The lowest BCUT2D eigenvalue weighted by Gasteiger charge is -2.33. The highest BCUT2D eigenvalue weighted by Crippen LogP contribution is 2.33. The molecule has 3 heterocycles. The molecule has 0 aromatic carbocycles. The third-order valence-electron chi connectivity index (χ3n) is 5.15. The number of fused-ring (bicyclic) bond motifs is 2. The maximum Gasteiger partial charge on any atom is 0.226 e. The van der Waals surface area contributed by atoms with Crippen LogP contribution in [0.15, 0.2) is 24.5 Å². The van der Waals surface area contributed by atoms with Gasteiger partial charge in [0, 0.05) is 38.1 Å². The summed E-state index contributed by atoms with van der Waals surface area (Å²) in [6, 6.07) is 4.49. The Morgan fingerprint density at radius 3 is 3.05 bits per heavy atom. The molecular formula is C17H23N3O2. The summed E-state index contributed by atoms with van der Waals surface area (Å²) in [6.45, 7) is 2.65. The molecule has 1 saturated carbocycles. The van der Waals surface area contributed by atoms with Crippen LogP contribution in [0.1, 0.15) is 31.2 Å². The second-order valence-electron chi connectivity index (χ2n) is 6.83. The number of aromatic nitrogens is 1. The Morgan fingerprint density at radius 2 is 2.32 bits per heavy atom. The van der Waals surface area contributed by atoms with Crippen LogP contribution < -0.4 is 5.32 Å². The molecule has 1 aromatic rings. The fourth-order valence-corrected chi connectivity index (χ4v) is 3.75. The van der Waals surface area contributed by atoms with E-state index in [2.05, 4.69) is 21.3 Å². The molecule has 22 heavy (non-hydrogen) atoms. The molecule has 1 amide bonds. The van der Waals surface area contributed by atoms with E-state index in [9.17, 15) is 4.79 Å². The summed E-state index contributed by atoms with van der Waals surface area (Å²) in [6.07, 6.45) is 8.36. The van der Waals surface area contributed by atoms with Crippen molar-refractivity contribution in [1.82, 2.24) is 15.2 Å². The lowest BCUT2D eigenvalue weighted by atomic mass is 9.91. The number of ether oxygens (including phenoxy) is 1. The van der Waals surface area contributed by atoms with Crippen LogP contribution in [-0.2, 0) is 16.1 Å². The number of rotatable bonds is 4. The summed E-state index contributed by atoms with van der Waals surface area (Å²) in [7, 11) is 0. The first-order valence-electron chi connectivity index (χ1n) is 8.35. The quantitative estimate of drug-likeness (QED) is 0.912. The van der Waals surface area contributed by atoms with Gasteiger partial charge in [0.1, 0.15) is 0 Å². The summed E-state index contributed by atoms with van der Waals surface area (Å²) in [4.78, 5) is 19.0. The molecule has 2 bridgehead atoms. The molecule has 1 N–H and O–H groups in total. The fourth-order valence-electron chi connectivity index (χ4n) is 3.75. The van der Waals surface area contributed by atoms with Gasteiger partial charge in [0.25, 0.3) is 0 Å². The van der Waals surface area contributed by atoms with Crippen molar-refractivity contribution >= 4 is 5.91 Å². The molecule has 5 nitrogen and oxygen atoms in total. The normalized spacial score (nSPS) is 31.7. The highest BCUT2D eigenvalue weighted by Gasteiger charge is 2.45. The molecule has 3 atom stereocenters. The Kier molecular flexibility index (Phi) is 3.84. The Morgan fingerprint density at radius 1 is 1.41 bits per heavy atom. The Bertz CT molecular complexity index is 532. The largest absolute Gasteiger partial charge is 0.371 e. The van der Waals surface area contributed by atoms with Crippen LogP contribution in [0.4, 0.5) is 0 Å². The van der Waals surface area contributed by atoms with Gasteiger partial charge < -0.3 is 10.1 Å². The molecule has 1 aliphatic carbocycles. The van der Waals surface area contributed by atoms with Crippen molar-refractivity contribution < 1.29 is 9.53 Å². The van der Waals surface area contributed by atoms with Gasteiger partial charge in [-0.1, -0.05) is 6.07 Å². The summed E-state index contributed by atoms with van der Waals surface area (Å²) in [5.41, 5.74) is 1.22. The lowest BCUT2D eigenvalue weighted by molar-refractivity contribution is -0.129. The van der Waals surface area contributed by atoms with E-state index in [-0.39, 0.29) is 24.0 Å². The van der Waals surface area contributed by atoms with Crippen LogP contribution in [-0.4, -0.2) is 47.1 Å². The van der Waals surface area contributed by atoms with Crippen molar-refractivity contribution in [3.8, 4) is 0 Å². The zero-order chi connectivity index (χ0) is 14.9. The van der Waals surface area contributed by atoms with E-state index in [1.807, 2.05) is 12.3 Å². The van der Waals surface area contributed by atoms with Gasteiger partial charge >= 0.3 is 0 Å². The fraction of sp³-hybridized carbons (Fsp3) is 0.647. The van der Waals surface area contributed by atoms with Crippen LogP contribution in [0, 0.1) is 5.92 Å². The van der Waals surface area contributed by atoms with Crippen molar-refractivity contribution in [3.05, 3.63) is 30.1 Å². The van der Waals surface area contributed by atoms with Crippen molar-refractivity contribution in [2.75, 3.05) is 13.1 Å². The maximum atomic E-state index is 12.4. The first kappa shape index (κ1) is 14.2. The van der Waals surface area contributed by atoms with Crippen LogP contribution in [0.25, 0.3) is 0 Å². The first-order chi connectivity index (χ1) is 10.8. The zero-order valence-corrected chi connectivity index (χ0v) is 12.8. The van der Waals surface area contributed by atoms with Gasteiger partial charge in [0.15, 0.2) is 0 Å². The Balaban J connectivity index is 1.36. The minimum Gasteiger partial charge on any atom is -0.371 e. The van der Waals surface area contributed by atoms with Gasteiger partial charge in [-0.15, -0.1) is 0 Å². The second-order valence-corrected chi connectivity index (χ2v) is 6.83. The molecule has 2 aliphatic heterocycles. The predicted molar refractivity (Wildman–Crippen MR) is 82.1 cm³/mol. The van der Waals surface area contributed by atoms with Crippen molar-refractivity contribution in [1.29, 1.82) is 0 Å². The number of pyridine rings is 1. The molecular weight excluding hydrogens is 278 g/mol. The summed E-state index contributed by atoms with van der Waals surface area (Å²) in [5.74, 6) is 0.241. The number of carbonyl (C=O) groups excluding carboxylic acids is 1. The molecule has 0 radical (unpaired) electrons. The van der Waals surface area contributed by atoms with Crippen molar-refractivity contribution in [3.63, 3.8) is 0 Å². The molecule has 4 rings (SSSR count). The SMILES string of the molecule is O=C(NC1CCC1)[C@H]1C[C@H]2CN(Cc3cccnc3)C[C@H]1O2. The van der Waals surface area contributed by atoms with Crippen LogP contribution in [0.3, 0.4) is 0 Å². The molecule has 118 valence electrons. The molecule has 2 saturated heterocycles. The van der Waals surface area contributed by atoms with E-state index in [0.717, 1.165) is 38.9 Å². The highest BCUT2D eigenvalue weighted by atomic mass is 16.5. The van der Waals surface area contributed by atoms with Crippen molar-refractivity contribution in [2.45, 2.75) is 50.5 Å². The molecule has 5 heteroatoms. The number of likely N-dealkylation sites (tertiary alicyclic amines) is 1. The standard InChI is InChI=1S/C17H23N3O2/c21-17(19-13-4-1-5-13)15-7-14-10-20(11-16(15)22-14)9-12-3-2-6-18-8-12/h2-3,6,8,13-16H,1,4-5,7,9-11H2,(H,19,21)/t14-,15-,16+/m0/s1. The predicted octanol–water partition coefficient (Wildman–Crippen LogP) is 1.34. The van der Waals surface area contributed by atoms with E-state index in [1.165, 1.54) is 12.0 Å². The van der Waals surface area contributed by atoms with Crippen molar-refractivity contribution in [2.24, 2.45) is 5.92 Å². The summed E-state index contributed by atoms with van der Waals surface area (Å²) >= 11 is 0. The van der Waals surface area contributed by atoms with E-state index in [0.29, 0.717) is 6.04 Å². The van der Waals surface area contributed by atoms with E-state index in [1.54, 1.807) is 6.20 Å². The van der Waals surface area contributed by atoms with Gasteiger partial charge in [-0.3, -0.25) is 14.7 Å². The van der Waals surface area contributed by atoms with E-state index in [4.69, 9.17) is 4.74 Å². The lowest BCUT2D eigenvalue weighted by Crippen LogP contribution is -2.47. The minimum absolute atomic E-state index is 0.0319. The van der Waals surface area contributed by atoms with Gasteiger partial charge in [-0.05, 0) is 37.3 Å². The molecule has 1 aromatic heterocycles. The Hall–Kier alpha value is -1.46. The number of nitrogens with zero attached hydrogens (tertiary/aromatic N) is 2. The topological polar surface area (TPSA) is 54.5 Å². The number of hydrogen-bond acceptors (Lipinski definition) is 4. The van der Waals surface area contributed by atoms with E-state index >= 15 is 0 Å². The molecule has 0 unspecified atom stereocenters. The second kappa shape index (κ2) is 5.97. The molecule has 3 fully saturated rings. The summed E-state index contributed by atoms with van der Waals surface area (Å²) < 4.78 is 6.01. The number of amides is 1. The summed E-state index contributed by atoms with van der Waals surface area (Å²) in [5, 5.41) is 3.19. The third-order valence-corrected chi connectivity index (χ3v) is 5.15. The maximum absolute atomic E-state index is 12.4. The van der Waals surface area contributed by atoms with E-state index < -0.39 is 0 Å². The van der Waals surface area contributed by atoms with Crippen LogP contribution in [0.2, 0.25) is 0 Å². The van der Waals surface area contributed by atoms with Crippen LogP contribution >= 0.6 is 0 Å². The molecule has 0 spiro atoms. The average Bonchev–Trinajstić information content (AvgIpc) is 2.79. The highest BCUT2D eigenvalue weighted by molar-refractivity contribution is 5.80. The number of nitrogens with one attached hydrogen (secondary N) is 1. The smallest absolute Gasteiger partial charge is 0.226 e. The third kappa shape index (κ3) is 2.88. The average molecular weight is 301 g/mol. The van der Waals surface area contributed by atoms with Gasteiger partial charge in [-0.2, -0.15) is 0 Å². The number of morpholine rings is 1. The monoisotopic (exact) mass is 301 g/mol. The number of carbonyl (C=O) groups is 1. The van der Waals surface area contributed by atoms with Gasteiger partial charge in [0.2, 0.25) is 5.91 Å². The minimum atomic E-state index is 0.0319. The zero-order valence-electron chi connectivity index (χ0n) is 12.8. The van der Waals surface area contributed by atoms with Gasteiger partial charge in [0.05, 0.1) is 18.1 Å². The van der Waals surface area contributed by atoms with Crippen LogP contribution in [0.5, 0.6) is 0 Å². The van der Waals surface area contributed by atoms with Gasteiger partial charge in [-0.25, -0.2) is 0 Å². The number of hydrogen-bond donors (Lipinski definition) is 1. The molecule has 3 aliphatic rings. The first-order valence-corrected chi connectivity index (χ1v) is 8.35. The Labute approximate surface area is 131 Å².